The molecule has 2 aromatic rings. The molecule has 2 rings (SSSR count). The fourth-order valence-corrected chi connectivity index (χ4v) is 2.21. The third kappa shape index (κ3) is 5.69. The van der Waals surface area contributed by atoms with Gasteiger partial charge in [-0.15, -0.1) is 0 Å². The van der Waals surface area contributed by atoms with Crippen molar-refractivity contribution >= 4 is 0 Å². The maximum Gasteiger partial charge on any atom is 0.118 e. The molecule has 0 unspecified atom stereocenters. The first-order valence-corrected chi connectivity index (χ1v) is 7.49. The zero-order chi connectivity index (χ0) is 15.1. The lowest BCUT2D eigenvalue weighted by Crippen LogP contribution is -2.18. The molecule has 21 heavy (non-hydrogen) atoms. The molecule has 114 valence electrons. The summed E-state index contributed by atoms with van der Waals surface area (Å²) in [5.74, 6) is 2.66. The second-order valence-corrected chi connectivity index (χ2v) is 5.93. The molecule has 2 heterocycles. The van der Waals surface area contributed by atoms with Gasteiger partial charge in [0.05, 0.1) is 13.1 Å². The van der Waals surface area contributed by atoms with Crippen LogP contribution in [0, 0.1) is 5.92 Å². The van der Waals surface area contributed by atoms with Crippen LogP contribution in [0.3, 0.4) is 0 Å². The van der Waals surface area contributed by atoms with Gasteiger partial charge in [0.2, 0.25) is 0 Å². The average molecular weight is 287 g/mol. The highest BCUT2D eigenvalue weighted by atomic mass is 16.3. The number of hydrogen-bond acceptors (Lipinski definition) is 4. The van der Waals surface area contributed by atoms with Gasteiger partial charge in [-0.3, -0.25) is 9.88 Å². The van der Waals surface area contributed by atoms with Gasteiger partial charge in [0.1, 0.15) is 11.5 Å². The van der Waals surface area contributed by atoms with Gasteiger partial charge in [-0.1, -0.05) is 19.9 Å². The van der Waals surface area contributed by atoms with Gasteiger partial charge >= 0.3 is 0 Å². The second-order valence-electron chi connectivity index (χ2n) is 5.93. The number of aromatic nitrogens is 1. The summed E-state index contributed by atoms with van der Waals surface area (Å²) in [6, 6.07) is 8.17. The quantitative estimate of drug-likeness (QED) is 0.810. The van der Waals surface area contributed by atoms with Gasteiger partial charge < -0.3 is 9.73 Å². The molecule has 0 saturated carbocycles. The maximum absolute atomic E-state index is 5.85. The second kappa shape index (κ2) is 7.96. The highest BCUT2D eigenvalue weighted by Crippen LogP contribution is 2.11. The molecule has 0 saturated heterocycles. The Morgan fingerprint density at radius 3 is 2.71 bits per heavy atom. The minimum atomic E-state index is 0.657. The van der Waals surface area contributed by atoms with E-state index in [0.29, 0.717) is 5.92 Å². The van der Waals surface area contributed by atoms with Crippen molar-refractivity contribution in [2.45, 2.75) is 33.5 Å². The molecule has 0 amide bonds. The first kappa shape index (κ1) is 15.7. The van der Waals surface area contributed by atoms with Crippen molar-refractivity contribution in [2.75, 3.05) is 13.6 Å². The van der Waals surface area contributed by atoms with Crippen LogP contribution < -0.4 is 5.32 Å². The number of nitrogens with zero attached hydrogens (tertiary/aromatic N) is 2. The molecule has 4 nitrogen and oxygen atoms in total. The molecule has 0 atom stereocenters. The van der Waals surface area contributed by atoms with E-state index in [1.54, 1.807) is 6.20 Å². The summed E-state index contributed by atoms with van der Waals surface area (Å²) in [6.07, 6.45) is 3.70. The van der Waals surface area contributed by atoms with Crippen LogP contribution in [-0.4, -0.2) is 23.5 Å². The lowest BCUT2D eigenvalue weighted by Gasteiger charge is -2.14. The molecule has 0 aliphatic heterocycles. The van der Waals surface area contributed by atoms with E-state index >= 15 is 0 Å². The lowest BCUT2D eigenvalue weighted by atomic mass is 10.2. The Bertz CT molecular complexity index is 522. The van der Waals surface area contributed by atoms with E-state index in [4.69, 9.17) is 4.42 Å². The molecule has 1 N–H and O–H groups in total. The highest BCUT2D eigenvalue weighted by molar-refractivity contribution is 5.10. The summed E-state index contributed by atoms with van der Waals surface area (Å²) in [4.78, 5) is 6.36. The molecule has 4 heteroatoms. The Morgan fingerprint density at radius 2 is 2.00 bits per heavy atom. The normalized spacial score (nSPS) is 11.5. The van der Waals surface area contributed by atoms with Gasteiger partial charge in [0.15, 0.2) is 0 Å². The molecule has 0 bridgehead atoms. The van der Waals surface area contributed by atoms with E-state index in [1.165, 1.54) is 5.56 Å². The Hall–Kier alpha value is -1.65. The van der Waals surface area contributed by atoms with E-state index in [-0.39, 0.29) is 0 Å². The van der Waals surface area contributed by atoms with Crippen LogP contribution in [0.15, 0.2) is 41.1 Å². The van der Waals surface area contributed by atoms with E-state index in [0.717, 1.165) is 37.7 Å². The summed E-state index contributed by atoms with van der Waals surface area (Å²) >= 11 is 0. The number of pyridine rings is 1. The van der Waals surface area contributed by atoms with Crippen LogP contribution >= 0.6 is 0 Å². The minimum absolute atomic E-state index is 0.657. The lowest BCUT2D eigenvalue weighted by molar-refractivity contribution is 0.282. The van der Waals surface area contributed by atoms with E-state index < -0.39 is 0 Å². The molecule has 0 aliphatic rings. The Morgan fingerprint density at radius 1 is 1.19 bits per heavy atom. The summed E-state index contributed by atoms with van der Waals surface area (Å²) in [7, 11) is 2.09. The monoisotopic (exact) mass is 287 g/mol. The molecule has 0 radical (unpaired) electrons. The summed E-state index contributed by atoms with van der Waals surface area (Å²) < 4.78 is 5.85. The van der Waals surface area contributed by atoms with E-state index in [2.05, 4.69) is 54.3 Å². The first-order valence-electron chi connectivity index (χ1n) is 7.49. The smallest absolute Gasteiger partial charge is 0.118 e. The van der Waals surface area contributed by atoms with Crippen molar-refractivity contribution in [3.8, 4) is 0 Å². The minimum Gasteiger partial charge on any atom is -0.463 e. The first-order chi connectivity index (χ1) is 10.1. The highest BCUT2D eigenvalue weighted by Gasteiger charge is 2.06. The molecular weight excluding hydrogens is 262 g/mol. The third-order valence-corrected chi connectivity index (χ3v) is 3.17. The van der Waals surface area contributed by atoms with Gasteiger partial charge in [0.25, 0.3) is 0 Å². The Kier molecular flexibility index (Phi) is 5.96. The van der Waals surface area contributed by atoms with Crippen LogP contribution in [0.5, 0.6) is 0 Å². The fraction of sp³-hybridized carbons (Fsp3) is 0.471. The van der Waals surface area contributed by atoms with Crippen LogP contribution in [0.25, 0.3) is 0 Å². The largest absolute Gasteiger partial charge is 0.463 e. The van der Waals surface area contributed by atoms with Crippen LogP contribution in [0.1, 0.15) is 30.9 Å². The molecular formula is C17H25N3O. The maximum atomic E-state index is 5.85. The molecule has 0 aliphatic carbocycles. The van der Waals surface area contributed by atoms with Crippen molar-refractivity contribution in [1.82, 2.24) is 15.2 Å². The summed E-state index contributed by atoms with van der Waals surface area (Å²) in [6.45, 7) is 7.89. The summed E-state index contributed by atoms with van der Waals surface area (Å²) in [5.41, 5.74) is 1.21. The zero-order valence-electron chi connectivity index (χ0n) is 13.2. The van der Waals surface area contributed by atoms with Crippen molar-refractivity contribution in [2.24, 2.45) is 5.92 Å². The van der Waals surface area contributed by atoms with Gasteiger partial charge in [-0.05, 0) is 43.3 Å². The predicted octanol–water partition coefficient (Wildman–Crippen LogP) is 3.05. The van der Waals surface area contributed by atoms with Crippen molar-refractivity contribution in [1.29, 1.82) is 0 Å². The Balaban J connectivity index is 1.79. The number of hydrogen-bond donors (Lipinski definition) is 1. The molecule has 0 aromatic carbocycles. The molecule has 2 aromatic heterocycles. The van der Waals surface area contributed by atoms with Crippen LogP contribution in [0.2, 0.25) is 0 Å². The predicted molar refractivity (Wildman–Crippen MR) is 84.7 cm³/mol. The number of nitrogens with one attached hydrogen (secondary N) is 1. The van der Waals surface area contributed by atoms with Gasteiger partial charge in [0, 0.05) is 18.9 Å². The van der Waals surface area contributed by atoms with Crippen LogP contribution in [0.4, 0.5) is 0 Å². The zero-order valence-corrected chi connectivity index (χ0v) is 13.2. The fourth-order valence-electron chi connectivity index (χ4n) is 2.21. The average Bonchev–Trinajstić information content (AvgIpc) is 2.86. The number of furan rings is 1. The van der Waals surface area contributed by atoms with E-state index in [1.807, 2.05) is 12.3 Å². The van der Waals surface area contributed by atoms with Crippen molar-refractivity contribution in [3.05, 3.63) is 53.7 Å². The van der Waals surface area contributed by atoms with Gasteiger partial charge in [-0.2, -0.15) is 0 Å². The van der Waals surface area contributed by atoms with E-state index in [9.17, 15) is 0 Å². The van der Waals surface area contributed by atoms with Crippen molar-refractivity contribution < 1.29 is 4.42 Å². The van der Waals surface area contributed by atoms with Crippen LogP contribution in [-0.2, 0) is 19.6 Å². The van der Waals surface area contributed by atoms with Crippen molar-refractivity contribution in [3.63, 3.8) is 0 Å². The topological polar surface area (TPSA) is 41.3 Å². The SMILES string of the molecule is CC(C)CNCc1ccc(CN(C)Cc2cccnc2)o1. The standard InChI is InChI=1S/C17H25N3O/c1-14(2)9-19-11-16-6-7-17(21-16)13-20(3)12-15-5-4-8-18-10-15/h4-8,10,14,19H,9,11-13H2,1-3H3. The third-order valence-electron chi connectivity index (χ3n) is 3.17. The molecule has 0 spiro atoms. The van der Waals surface area contributed by atoms with Gasteiger partial charge in [-0.25, -0.2) is 0 Å². The summed E-state index contributed by atoms with van der Waals surface area (Å²) in [5, 5.41) is 3.39. The molecule has 0 fully saturated rings. The Labute approximate surface area is 127 Å². The number of rotatable bonds is 8.